The minimum absolute atomic E-state index is 0.106. The molecule has 20 heavy (non-hydrogen) atoms. The van der Waals surface area contributed by atoms with Crippen LogP contribution < -0.4 is 10.6 Å². The van der Waals surface area contributed by atoms with E-state index in [4.69, 9.17) is 5.11 Å². The van der Waals surface area contributed by atoms with Gasteiger partial charge in [0, 0.05) is 9.75 Å². The molecule has 0 aromatic carbocycles. The summed E-state index contributed by atoms with van der Waals surface area (Å²) in [4.78, 5) is 25.0. The van der Waals surface area contributed by atoms with Crippen LogP contribution in [0, 0.1) is 0 Å². The Morgan fingerprint density at radius 1 is 1.25 bits per heavy atom. The molecule has 0 atom stereocenters. The molecule has 7 heteroatoms. The molecule has 2 rings (SSSR count). The van der Waals surface area contributed by atoms with Gasteiger partial charge in [-0.05, 0) is 30.0 Å². The number of hydrogen-bond acceptors (Lipinski definition) is 4. The SMILES string of the molecule is CCc1ccc(CNC(=O)Nc2sccc2C(=O)O)s1. The molecular weight excluding hydrogens is 296 g/mol. The van der Waals surface area contributed by atoms with Crippen LogP contribution in [0.3, 0.4) is 0 Å². The van der Waals surface area contributed by atoms with E-state index in [9.17, 15) is 9.59 Å². The molecule has 0 saturated heterocycles. The van der Waals surface area contributed by atoms with Crippen LogP contribution in [0.2, 0.25) is 0 Å². The highest BCUT2D eigenvalue weighted by molar-refractivity contribution is 7.14. The Kier molecular flexibility index (Phi) is 4.75. The third kappa shape index (κ3) is 3.58. The van der Waals surface area contributed by atoms with Gasteiger partial charge in [-0.1, -0.05) is 6.92 Å². The van der Waals surface area contributed by atoms with Crippen LogP contribution in [0.1, 0.15) is 27.0 Å². The van der Waals surface area contributed by atoms with Crippen molar-refractivity contribution < 1.29 is 14.7 Å². The Labute approximate surface area is 124 Å². The zero-order chi connectivity index (χ0) is 14.5. The lowest BCUT2D eigenvalue weighted by Gasteiger charge is -2.05. The molecule has 3 N–H and O–H groups in total. The minimum Gasteiger partial charge on any atom is -0.478 e. The predicted molar refractivity (Wildman–Crippen MR) is 80.8 cm³/mol. The first-order valence-electron chi connectivity index (χ1n) is 6.03. The number of carboxylic acids is 1. The Bertz CT molecular complexity index is 619. The molecule has 0 spiro atoms. The number of amides is 2. The lowest BCUT2D eigenvalue weighted by atomic mass is 10.3. The van der Waals surface area contributed by atoms with E-state index in [-0.39, 0.29) is 5.56 Å². The number of aryl methyl sites for hydroxylation is 1. The van der Waals surface area contributed by atoms with E-state index in [1.54, 1.807) is 16.7 Å². The van der Waals surface area contributed by atoms with Crippen molar-refractivity contribution in [3.05, 3.63) is 38.9 Å². The zero-order valence-electron chi connectivity index (χ0n) is 10.8. The maximum absolute atomic E-state index is 11.7. The van der Waals surface area contributed by atoms with Crippen molar-refractivity contribution in [2.24, 2.45) is 0 Å². The minimum atomic E-state index is -1.05. The fraction of sp³-hybridized carbons (Fsp3) is 0.231. The Hall–Kier alpha value is -1.86. The molecule has 2 amide bonds. The second kappa shape index (κ2) is 6.53. The van der Waals surface area contributed by atoms with Gasteiger partial charge < -0.3 is 10.4 Å². The Morgan fingerprint density at radius 3 is 2.65 bits per heavy atom. The summed E-state index contributed by atoms with van der Waals surface area (Å²) >= 11 is 2.84. The molecule has 0 aliphatic heterocycles. The second-order valence-corrected chi connectivity index (χ2v) is 6.17. The third-order valence-electron chi connectivity index (χ3n) is 2.61. The Balaban J connectivity index is 1.89. The van der Waals surface area contributed by atoms with Gasteiger partial charge >= 0.3 is 12.0 Å². The first-order chi connectivity index (χ1) is 9.60. The molecule has 0 aliphatic carbocycles. The highest BCUT2D eigenvalue weighted by Crippen LogP contribution is 2.23. The van der Waals surface area contributed by atoms with Crippen LogP contribution in [-0.2, 0) is 13.0 Å². The molecule has 0 radical (unpaired) electrons. The van der Waals surface area contributed by atoms with Gasteiger partial charge in [0.05, 0.1) is 12.1 Å². The van der Waals surface area contributed by atoms with Gasteiger partial charge in [-0.3, -0.25) is 5.32 Å². The summed E-state index contributed by atoms with van der Waals surface area (Å²) < 4.78 is 0. The van der Waals surface area contributed by atoms with Crippen molar-refractivity contribution in [1.29, 1.82) is 0 Å². The molecule has 2 aromatic rings. The van der Waals surface area contributed by atoms with Gasteiger partial charge in [-0.2, -0.15) is 0 Å². The molecule has 0 aliphatic rings. The van der Waals surface area contributed by atoms with Gasteiger partial charge in [0.15, 0.2) is 0 Å². The third-order valence-corrected chi connectivity index (χ3v) is 4.67. The molecule has 2 aromatic heterocycles. The molecule has 106 valence electrons. The summed E-state index contributed by atoms with van der Waals surface area (Å²) in [5, 5.41) is 16.2. The average molecular weight is 310 g/mol. The van der Waals surface area contributed by atoms with Gasteiger partial charge in [0.25, 0.3) is 0 Å². The summed E-state index contributed by atoms with van der Waals surface area (Å²) in [6.45, 7) is 2.52. The number of rotatable bonds is 5. The average Bonchev–Trinajstić information content (AvgIpc) is 3.04. The number of aromatic carboxylic acids is 1. The number of carboxylic acid groups (broad SMARTS) is 1. The number of carbonyl (C=O) groups is 2. The predicted octanol–water partition coefficient (Wildman–Crippen LogP) is 3.39. The van der Waals surface area contributed by atoms with Crippen LogP contribution in [0.25, 0.3) is 0 Å². The number of urea groups is 1. The van der Waals surface area contributed by atoms with Crippen molar-refractivity contribution >= 4 is 39.7 Å². The van der Waals surface area contributed by atoms with Crippen LogP contribution in [0.5, 0.6) is 0 Å². The van der Waals surface area contributed by atoms with E-state index in [0.29, 0.717) is 11.5 Å². The summed E-state index contributed by atoms with van der Waals surface area (Å²) in [5.74, 6) is -1.05. The van der Waals surface area contributed by atoms with E-state index >= 15 is 0 Å². The molecule has 0 saturated carbocycles. The summed E-state index contributed by atoms with van der Waals surface area (Å²) in [5.41, 5.74) is 0.106. The van der Waals surface area contributed by atoms with E-state index in [1.165, 1.54) is 22.3 Å². The fourth-order valence-electron chi connectivity index (χ4n) is 1.60. The van der Waals surface area contributed by atoms with Gasteiger partial charge in [-0.15, -0.1) is 22.7 Å². The van der Waals surface area contributed by atoms with E-state index in [2.05, 4.69) is 17.6 Å². The number of nitrogens with one attached hydrogen (secondary N) is 2. The number of thiophene rings is 2. The second-order valence-electron chi connectivity index (χ2n) is 4.00. The molecular formula is C13H14N2O3S2. The summed E-state index contributed by atoms with van der Waals surface area (Å²) in [6.07, 6.45) is 0.980. The standard InChI is InChI=1S/C13H14N2O3S2/c1-2-8-3-4-9(20-8)7-14-13(18)15-11-10(12(16)17)5-6-19-11/h3-6H,2,7H2,1H3,(H,16,17)(H2,14,15,18). The highest BCUT2D eigenvalue weighted by Gasteiger charge is 2.13. The number of carbonyl (C=O) groups excluding carboxylic acids is 1. The lowest BCUT2D eigenvalue weighted by molar-refractivity contribution is 0.0698. The number of anilines is 1. The fourth-order valence-corrected chi connectivity index (χ4v) is 3.27. The van der Waals surface area contributed by atoms with E-state index in [0.717, 1.165) is 11.3 Å². The van der Waals surface area contributed by atoms with Gasteiger partial charge in [0.1, 0.15) is 5.00 Å². The molecule has 0 fully saturated rings. The van der Waals surface area contributed by atoms with Crippen LogP contribution >= 0.6 is 22.7 Å². The molecule has 5 nitrogen and oxygen atoms in total. The topological polar surface area (TPSA) is 78.4 Å². The molecule has 2 heterocycles. The van der Waals surface area contributed by atoms with Crippen molar-refractivity contribution in [2.45, 2.75) is 19.9 Å². The van der Waals surface area contributed by atoms with E-state index < -0.39 is 12.0 Å². The molecule has 0 unspecified atom stereocenters. The summed E-state index contributed by atoms with van der Waals surface area (Å²) in [6, 6.07) is 5.09. The zero-order valence-corrected chi connectivity index (χ0v) is 12.4. The van der Waals surface area contributed by atoms with Crippen LogP contribution in [-0.4, -0.2) is 17.1 Å². The smallest absolute Gasteiger partial charge is 0.338 e. The maximum atomic E-state index is 11.7. The van der Waals surface area contributed by atoms with E-state index in [1.807, 2.05) is 12.1 Å². The quantitative estimate of drug-likeness (QED) is 0.792. The highest BCUT2D eigenvalue weighted by atomic mass is 32.1. The van der Waals surface area contributed by atoms with Crippen molar-refractivity contribution in [3.63, 3.8) is 0 Å². The Morgan fingerprint density at radius 2 is 2.00 bits per heavy atom. The largest absolute Gasteiger partial charge is 0.478 e. The first-order valence-corrected chi connectivity index (χ1v) is 7.73. The van der Waals surface area contributed by atoms with Crippen LogP contribution in [0.4, 0.5) is 9.80 Å². The lowest BCUT2D eigenvalue weighted by Crippen LogP contribution is -2.28. The maximum Gasteiger partial charge on any atom is 0.338 e. The van der Waals surface area contributed by atoms with Crippen molar-refractivity contribution in [2.75, 3.05) is 5.32 Å². The van der Waals surface area contributed by atoms with Gasteiger partial charge in [0.2, 0.25) is 0 Å². The number of hydrogen-bond donors (Lipinski definition) is 3. The monoisotopic (exact) mass is 310 g/mol. The molecule has 0 bridgehead atoms. The van der Waals surface area contributed by atoms with Crippen molar-refractivity contribution in [3.8, 4) is 0 Å². The normalized spacial score (nSPS) is 10.2. The summed E-state index contributed by atoms with van der Waals surface area (Å²) in [7, 11) is 0. The van der Waals surface area contributed by atoms with Gasteiger partial charge in [-0.25, -0.2) is 9.59 Å². The first kappa shape index (κ1) is 14.5. The van der Waals surface area contributed by atoms with Crippen LogP contribution in [0.15, 0.2) is 23.6 Å². The van der Waals surface area contributed by atoms with Crippen molar-refractivity contribution in [1.82, 2.24) is 5.32 Å².